The molecule has 134 valence electrons. The number of carbonyl (C=O) groups is 1. The Hall–Kier alpha value is -2.62. The molecule has 1 aliphatic heterocycles. The molecule has 1 saturated heterocycles. The highest BCUT2D eigenvalue weighted by atomic mass is 19.4. The second kappa shape index (κ2) is 6.71. The van der Waals surface area contributed by atoms with Crippen LogP contribution in [0.25, 0.3) is 11.4 Å². The third kappa shape index (κ3) is 3.73. The Labute approximate surface area is 140 Å². The van der Waals surface area contributed by atoms with E-state index in [0.717, 1.165) is 12.8 Å². The Kier molecular flexibility index (Phi) is 4.62. The fraction of sp³-hybridized carbons (Fsp3) is 0.400. The van der Waals surface area contributed by atoms with E-state index in [2.05, 4.69) is 20.0 Å². The van der Waals surface area contributed by atoms with E-state index in [9.17, 15) is 23.1 Å². The van der Waals surface area contributed by atoms with Crippen LogP contribution in [0.2, 0.25) is 0 Å². The number of alkyl halides is 3. The van der Waals surface area contributed by atoms with Crippen molar-refractivity contribution in [2.45, 2.75) is 25.1 Å². The Morgan fingerprint density at radius 1 is 1.36 bits per heavy atom. The van der Waals surface area contributed by atoms with Gasteiger partial charge in [0.25, 0.3) is 0 Å². The number of hydrogen-bond donors (Lipinski definition) is 2. The fourth-order valence-electron chi connectivity index (χ4n) is 2.65. The second-order valence-corrected chi connectivity index (χ2v) is 5.60. The van der Waals surface area contributed by atoms with E-state index in [0.29, 0.717) is 17.8 Å². The van der Waals surface area contributed by atoms with Gasteiger partial charge in [0.1, 0.15) is 0 Å². The van der Waals surface area contributed by atoms with Crippen LogP contribution in [-0.2, 0) is 6.18 Å². The highest BCUT2D eigenvalue weighted by Crippen LogP contribution is 2.29. The molecule has 0 aliphatic carbocycles. The highest BCUT2D eigenvalue weighted by molar-refractivity contribution is 5.90. The molecule has 1 fully saturated rings. The maximum atomic E-state index is 12.5. The zero-order valence-corrected chi connectivity index (χ0v) is 13.0. The van der Waals surface area contributed by atoms with E-state index in [1.54, 1.807) is 4.90 Å². The number of nitrogens with one attached hydrogen (secondary N) is 1. The number of halogens is 3. The highest BCUT2D eigenvalue weighted by Gasteiger charge is 2.38. The average molecular weight is 356 g/mol. The first kappa shape index (κ1) is 17.2. The molecule has 1 aromatic heterocycles. The molecule has 7 nitrogen and oxygen atoms in total. The van der Waals surface area contributed by atoms with Gasteiger partial charge in [0, 0.05) is 17.8 Å². The number of hydrogen-bond acceptors (Lipinski definition) is 5. The molecule has 2 N–H and O–H groups in total. The zero-order chi connectivity index (χ0) is 18.0. The third-order valence-electron chi connectivity index (χ3n) is 3.91. The van der Waals surface area contributed by atoms with Crippen LogP contribution >= 0.6 is 0 Å². The molecule has 1 unspecified atom stereocenters. The normalized spacial score (nSPS) is 17.8. The number of aliphatic hydroxyl groups excluding tert-OH is 1. The Morgan fingerprint density at radius 2 is 2.08 bits per heavy atom. The lowest BCUT2D eigenvalue weighted by Crippen LogP contribution is -2.40. The van der Waals surface area contributed by atoms with Gasteiger partial charge in [0.05, 0.1) is 12.6 Å². The molecule has 10 heteroatoms. The number of aliphatic hydroxyl groups is 1. The number of anilines is 1. The minimum absolute atomic E-state index is 0.0915. The van der Waals surface area contributed by atoms with Gasteiger partial charge in [0.2, 0.25) is 5.82 Å². The summed E-state index contributed by atoms with van der Waals surface area (Å²) in [5, 5.41) is 15.2. The Morgan fingerprint density at radius 3 is 2.68 bits per heavy atom. The maximum Gasteiger partial charge on any atom is 0.471 e. The van der Waals surface area contributed by atoms with Gasteiger partial charge < -0.3 is 19.8 Å². The molecule has 25 heavy (non-hydrogen) atoms. The number of carbonyl (C=O) groups excluding carboxylic acids is 1. The van der Waals surface area contributed by atoms with Gasteiger partial charge in [-0.3, -0.25) is 0 Å². The number of likely N-dealkylation sites (tertiary alicyclic amines) is 1. The standard InChI is InChI=1S/C15H15F3N4O3/c16-15(17,18)13-20-12(21-25-13)9-3-5-10(6-4-9)19-14(24)22-7-1-2-11(22)8-23/h3-6,11,23H,1-2,7-8H2,(H,19,24). The van der Waals surface area contributed by atoms with Crippen LogP contribution in [0.15, 0.2) is 28.8 Å². The predicted octanol–water partition coefficient (Wildman–Crippen LogP) is 2.74. The molecule has 0 saturated carbocycles. The number of benzene rings is 1. The topological polar surface area (TPSA) is 91.5 Å². The molecule has 3 rings (SSSR count). The second-order valence-electron chi connectivity index (χ2n) is 5.60. The maximum absolute atomic E-state index is 12.5. The average Bonchev–Trinajstić information content (AvgIpc) is 3.24. The predicted molar refractivity (Wildman–Crippen MR) is 80.6 cm³/mol. The van der Waals surface area contributed by atoms with Crippen molar-refractivity contribution in [1.29, 1.82) is 0 Å². The summed E-state index contributed by atoms with van der Waals surface area (Å²) in [5.41, 5.74) is 0.795. The van der Waals surface area contributed by atoms with Gasteiger partial charge in [-0.15, -0.1) is 0 Å². The van der Waals surface area contributed by atoms with E-state index < -0.39 is 12.1 Å². The number of urea groups is 1. The van der Waals surface area contributed by atoms with Crippen molar-refractivity contribution in [3.63, 3.8) is 0 Å². The van der Waals surface area contributed by atoms with Gasteiger partial charge in [-0.25, -0.2) is 4.79 Å². The molecule has 2 amide bonds. The molecule has 0 bridgehead atoms. The number of nitrogens with zero attached hydrogens (tertiary/aromatic N) is 3. The number of amides is 2. The van der Waals surface area contributed by atoms with Crippen molar-refractivity contribution < 1.29 is 27.6 Å². The summed E-state index contributed by atoms with van der Waals surface area (Å²) in [5.74, 6) is -1.60. The lowest BCUT2D eigenvalue weighted by atomic mass is 10.2. The SMILES string of the molecule is O=C(Nc1ccc(-c2noc(C(F)(F)F)n2)cc1)N1CCCC1CO. The summed E-state index contributed by atoms with van der Waals surface area (Å²) in [6.45, 7) is 0.476. The minimum atomic E-state index is -4.70. The van der Waals surface area contributed by atoms with Gasteiger partial charge >= 0.3 is 18.1 Å². The molecular weight excluding hydrogens is 341 g/mol. The van der Waals surface area contributed by atoms with Crippen molar-refractivity contribution in [2.24, 2.45) is 0 Å². The first-order valence-corrected chi connectivity index (χ1v) is 7.58. The van der Waals surface area contributed by atoms with Crippen molar-refractivity contribution in [2.75, 3.05) is 18.5 Å². The molecule has 2 heterocycles. The first-order chi connectivity index (χ1) is 11.9. The van der Waals surface area contributed by atoms with Crippen molar-refractivity contribution >= 4 is 11.7 Å². The Bertz CT molecular complexity index is 745. The number of rotatable bonds is 3. The summed E-state index contributed by atoms with van der Waals surface area (Å²) in [6, 6.07) is 5.49. The molecule has 1 aliphatic rings. The van der Waals surface area contributed by atoms with E-state index in [1.165, 1.54) is 24.3 Å². The zero-order valence-electron chi connectivity index (χ0n) is 13.0. The summed E-state index contributed by atoms with van der Waals surface area (Å²) < 4.78 is 41.6. The third-order valence-corrected chi connectivity index (χ3v) is 3.91. The van der Waals surface area contributed by atoms with E-state index in [4.69, 9.17) is 0 Å². The lowest BCUT2D eigenvalue weighted by molar-refractivity contribution is -0.159. The van der Waals surface area contributed by atoms with Crippen LogP contribution in [0.4, 0.5) is 23.7 Å². The molecule has 1 atom stereocenters. The summed E-state index contributed by atoms with van der Waals surface area (Å²) >= 11 is 0. The van der Waals surface area contributed by atoms with Gasteiger partial charge in [-0.2, -0.15) is 18.2 Å². The van der Waals surface area contributed by atoms with Crippen LogP contribution < -0.4 is 5.32 Å². The molecule has 2 aromatic rings. The van der Waals surface area contributed by atoms with E-state index in [1.807, 2.05) is 0 Å². The summed E-state index contributed by atoms with van der Waals surface area (Å²) in [6.07, 6.45) is -3.11. The van der Waals surface area contributed by atoms with Gasteiger partial charge in [0.15, 0.2) is 0 Å². The summed E-state index contributed by atoms with van der Waals surface area (Å²) in [4.78, 5) is 17.1. The smallest absolute Gasteiger partial charge is 0.394 e. The molecule has 0 radical (unpaired) electrons. The summed E-state index contributed by atoms with van der Waals surface area (Å²) in [7, 11) is 0. The van der Waals surface area contributed by atoms with Gasteiger partial charge in [-0.05, 0) is 37.1 Å². The number of aromatic nitrogens is 2. The molecular formula is C15H15F3N4O3. The van der Waals surface area contributed by atoms with Crippen LogP contribution in [0.5, 0.6) is 0 Å². The molecule has 1 aromatic carbocycles. The van der Waals surface area contributed by atoms with E-state index in [-0.39, 0.29) is 24.5 Å². The molecule has 0 spiro atoms. The van der Waals surface area contributed by atoms with Crippen molar-refractivity contribution in [3.05, 3.63) is 30.2 Å². The fourth-order valence-corrected chi connectivity index (χ4v) is 2.65. The van der Waals surface area contributed by atoms with Crippen LogP contribution in [0.3, 0.4) is 0 Å². The minimum Gasteiger partial charge on any atom is -0.394 e. The Balaban J connectivity index is 1.68. The lowest BCUT2D eigenvalue weighted by Gasteiger charge is -2.23. The van der Waals surface area contributed by atoms with Crippen LogP contribution in [-0.4, -0.2) is 45.4 Å². The van der Waals surface area contributed by atoms with Crippen molar-refractivity contribution in [3.8, 4) is 11.4 Å². The van der Waals surface area contributed by atoms with Crippen LogP contribution in [0.1, 0.15) is 18.7 Å². The monoisotopic (exact) mass is 356 g/mol. The van der Waals surface area contributed by atoms with Crippen LogP contribution in [0, 0.1) is 0 Å². The van der Waals surface area contributed by atoms with Crippen molar-refractivity contribution in [1.82, 2.24) is 15.0 Å². The quantitative estimate of drug-likeness (QED) is 0.882. The largest absolute Gasteiger partial charge is 0.471 e. The van der Waals surface area contributed by atoms with E-state index >= 15 is 0 Å². The van der Waals surface area contributed by atoms with Gasteiger partial charge in [-0.1, -0.05) is 5.16 Å². The first-order valence-electron chi connectivity index (χ1n) is 7.58.